The van der Waals surface area contributed by atoms with E-state index in [0.29, 0.717) is 19.0 Å². The van der Waals surface area contributed by atoms with E-state index in [1.807, 2.05) is 24.6 Å². The van der Waals surface area contributed by atoms with E-state index in [0.717, 1.165) is 18.7 Å². The van der Waals surface area contributed by atoms with Gasteiger partial charge in [0.15, 0.2) is 0 Å². The fourth-order valence-corrected chi connectivity index (χ4v) is 2.72. The first-order chi connectivity index (χ1) is 10.6. The van der Waals surface area contributed by atoms with Crippen molar-refractivity contribution in [3.63, 3.8) is 0 Å². The first-order valence-electron chi connectivity index (χ1n) is 7.39. The second-order valence-corrected chi connectivity index (χ2v) is 6.37. The number of likely N-dealkylation sites (N-methyl/N-ethyl adjacent to an activating group) is 1. The predicted molar refractivity (Wildman–Crippen MR) is 88.6 cm³/mol. The van der Waals surface area contributed by atoms with Crippen LogP contribution in [0.5, 0.6) is 0 Å². The summed E-state index contributed by atoms with van der Waals surface area (Å²) in [6.45, 7) is 3.49. The molecule has 0 bridgehead atoms. The van der Waals surface area contributed by atoms with Gasteiger partial charge >= 0.3 is 0 Å². The maximum absolute atomic E-state index is 11.9. The third kappa shape index (κ3) is 5.54. The molecule has 0 fully saturated rings. The number of nitrogens with one attached hydrogen (secondary N) is 1. The molecule has 0 saturated carbocycles. The SMILES string of the molecule is CC(Cc1cnccn1)N(C)CCC(=O)NCc1cccs1. The van der Waals surface area contributed by atoms with Gasteiger partial charge in [0.05, 0.1) is 12.2 Å². The molecule has 2 aromatic heterocycles. The normalized spacial score (nSPS) is 12.3. The third-order valence-electron chi connectivity index (χ3n) is 3.61. The third-order valence-corrected chi connectivity index (χ3v) is 4.48. The fourth-order valence-electron chi connectivity index (χ4n) is 2.08. The van der Waals surface area contributed by atoms with E-state index < -0.39 is 0 Å². The van der Waals surface area contributed by atoms with Gasteiger partial charge in [-0.3, -0.25) is 14.8 Å². The lowest BCUT2D eigenvalue weighted by molar-refractivity contribution is -0.121. The van der Waals surface area contributed by atoms with Crippen molar-refractivity contribution in [2.45, 2.75) is 32.4 Å². The van der Waals surface area contributed by atoms with Crippen molar-refractivity contribution in [3.8, 4) is 0 Å². The molecule has 1 atom stereocenters. The van der Waals surface area contributed by atoms with E-state index in [1.165, 1.54) is 4.88 Å². The van der Waals surface area contributed by atoms with Gasteiger partial charge in [0, 0.05) is 48.9 Å². The Morgan fingerprint density at radius 1 is 1.45 bits per heavy atom. The Hall–Kier alpha value is -1.79. The summed E-state index contributed by atoms with van der Waals surface area (Å²) < 4.78 is 0. The van der Waals surface area contributed by atoms with Crippen LogP contribution < -0.4 is 5.32 Å². The number of carbonyl (C=O) groups excluding carboxylic acids is 1. The zero-order valence-corrected chi connectivity index (χ0v) is 13.8. The molecule has 0 spiro atoms. The second-order valence-electron chi connectivity index (χ2n) is 5.34. The monoisotopic (exact) mass is 318 g/mol. The maximum Gasteiger partial charge on any atom is 0.221 e. The van der Waals surface area contributed by atoms with Crippen molar-refractivity contribution in [1.29, 1.82) is 0 Å². The minimum Gasteiger partial charge on any atom is -0.351 e. The van der Waals surface area contributed by atoms with Crippen molar-refractivity contribution in [2.75, 3.05) is 13.6 Å². The van der Waals surface area contributed by atoms with Crippen molar-refractivity contribution in [1.82, 2.24) is 20.2 Å². The molecule has 0 saturated heterocycles. The summed E-state index contributed by atoms with van der Waals surface area (Å²) in [5, 5.41) is 4.97. The molecular formula is C16H22N4OS. The van der Waals surface area contributed by atoms with E-state index in [1.54, 1.807) is 29.9 Å². The summed E-state index contributed by atoms with van der Waals surface area (Å²) in [5.74, 6) is 0.0898. The molecule has 2 aromatic rings. The summed E-state index contributed by atoms with van der Waals surface area (Å²) in [4.78, 5) is 23.6. The number of nitrogens with zero attached hydrogens (tertiary/aromatic N) is 3. The summed E-state index contributed by atoms with van der Waals surface area (Å²) in [6.07, 6.45) is 6.52. The first-order valence-corrected chi connectivity index (χ1v) is 8.27. The molecule has 0 aliphatic rings. The average Bonchev–Trinajstić information content (AvgIpc) is 3.05. The molecule has 5 nitrogen and oxygen atoms in total. The van der Waals surface area contributed by atoms with Gasteiger partial charge in [-0.25, -0.2) is 0 Å². The highest BCUT2D eigenvalue weighted by molar-refractivity contribution is 7.09. The summed E-state index contributed by atoms with van der Waals surface area (Å²) in [6, 6.07) is 4.34. The Morgan fingerprint density at radius 2 is 2.32 bits per heavy atom. The van der Waals surface area contributed by atoms with Crippen LogP contribution in [0.25, 0.3) is 0 Å². The van der Waals surface area contributed by atoms with Crippen LogP contribution in [0.1, 0.15) is 23.9 Å². The van der Waals surface area contributed by atoms with Gasteiger partial charge in [0.25, 0.3) is 0 Å². The average molecular weight is 318 g/mol. The molecule has 2 rings (SSSR count). The molecule has 6 heteroatoms. The van der Waals surface area contributed by atoms with E-state index in [-0.39, 0.29) is 5.91 Å². The molecule has 0 aliphatic carbocycles. The zero-order chi connectivity index (χ0) is 15.8. The number of carbonyl (C=O) groups is 1. The van der Waals surface area contributed by atoms with E-state index in [4.69, 9.17) is 0 Å². The van der Waals surface area contributed by atoms with Crippen LogP contribution >= 0.6 is 11.3 Å². The first kappa shape index (κ1) is 16.6. The Bertz CT molecular complexity index is 559. The number of amides is 1. The number of hydrogen-bond acceptors (Lipinski definition) is 5. The van der Waals surface area contributed by atoms with Gasteiger partial charge in [-0.15, -0.1) is 11.3 Å². The Morgan fingerprint density at radius 3 is 3.00 bits per heavy atom. The minimum atomic E-state index is 0.0898. The molecule has 2 heterocycles. The highest BCUT2D eigenvalue weighted by atomic mass is 32.1. The van der Waals surface area contributed by atoms with Crippen molar-refractivity contribution in [3.05, 3.63) is 46.7 Å². The van der Waals surface area contributed by atoms with Crippen molar-refractivity contribution in [2.24, 2.45) is 0 Å². The summed E-state index contributed by atoms with van der Waals surface area (Å²) in [5.41, 5.74) is 0.976. The van der Waals surface area contributed by atoms with Gasteiger partial charge in [0.1, 0.15) is 0 Å². The number of aromatic nitrogens is 2. The topological polar surface area (TPSA) is 58.1 Å². The summed E-state index contributed by atoms with van der Waals surface area (Å²) >= 11 is 1.66. The van der Waals surface area contributed by atoms with Gasteiger partial charge < -0.3 is 10.2 Å². The number of rotatable bonds is 8. The van der Waals surface area contributed by atoms with Crippen LogP contribution in [-0.2, 0) is 17.8 Å². The second kappa shape index (κ2) is 8.60. The van der Waals surface area contributed by atoms with Crippen LogP contribution in [0.3, 0.4) is 0 Å². The molecule has 22 heavy (non-hydrogen) atoms. The molecule has 1 N–H and O–H groups in total. The lowest BCUT2D eigenvalue weighted by atomic mass is 10.1. The molecule has 0 aromatic carbocycles. The fraction of sp³-hybridized carbons (Fsp3) is 0.438. The van der Waals surface area contributed by atoms with E-state index in [9.17, 15) is 4.79 Å². The van der Waals surface area contributed by atoms with Crippen LogP contribution in [0, 0.1) is 0 Å². The largest absolute Gasteiger partial charge is 0.351 e. The lowest BCUT2D eigenvalue weighted by Gasteiger charge is -2.24. The Balaban J connectivity index is 1.67. The molecular weight excluding hydrogens is 296 g/mol. The zero-order valence-electron chi connectivity index (χ0n) is 13.0. The molecule has 1 amide bonds. The van der Waals surface area contributed by atoms with E-state index in [2.05, 4.69) is 27.1 Å². The van der Waals surface area contributed by atoms with Gasteiger partial charge in [-0.05, 0) is 25.4 Å². The number of hydrogen-bond donors (Lipinski definition) is 1. The van der Waals surface area contributed by atoms with Crippen molar-refractivity contribution >= 4 is 17.2 Å². The standard InChI is InChI=1S/C16H22N4OS/c1-13(10-14-11-17-6-7-18-14)20(2)8-5-16(21)19-12-15-4-3-9-22-15/h3-4,6-7,9,11,13H,5,8,10,12H2,1-2H3,(H,19,21). The summed E-state index contributed by atoms with van der Waals surface area (Å²) in [7, 11) is 2.04. The van der Waals surface area contributed by atoms with Gasteiger partial charge in [-0.2, -0.15) is 0 Å². The highest BCUT2D eigenvalue weighted by Gasteiger charge is 2.12. The van der Waals surface area contributed by atoms with Crippen LogP contribution in [0.4, 0.5) is 0 Å². The van der Waals surface area contributed by atoms with Crippen molar-refractivity contribution < 1.29 is 4.79 Å². The predicted octanol–water partition coefficient (Wildman–Crippen LogP) is 2.11. The highest BCUT2D eigenvalue weighted by Crippen LogP contribution is 2.08. The smallest absolute Gasteiger partial charge is 0.221 e. The van der Waals surface area contributed by atoms with Crippen LogP contribution in [-0.4, -0.2) is 40.4 Å². The van der Waals surface area contributed by atoms with Gasteiger partial charge in [-0.1, -0.05) is 6.07 Å². The lowest BCUT2D eigenvalue weighted by Crippen LogP contribution is -2.35. The molecule has 0 radical (unpaired) electrons. The molecule has 118 valence electrons. The van der Waals surface area contributed by atoms with Crippen LogP contribution in [0.15, 0.2) is 36.1 Å². The van der Waals surface area contributed by atoms with E-state index >= 15 is 0 Å². The van der Waals surface area contributed by atoms with Gasteiger partial charge in [0.2, 0.25) is 5.91 Å². The Labute approximate surface area is 135 Å². The van der Waals surface area contributed by atoms with Crippen LogP contribution in [0.2, 0.25) is 0 Å². The molecule has 1 unspecified atom stereocenters. The maximum atomic E-state index is 11.9. The number of thiophene rings is 1. The quantitative estimate of drug-likeness (QED) is 0.810. The Kier molecular flexibility index (Phi) is 6.48. The minimum absolute atomic E-state index is 0.0898. The molecule has 0 aliphatic heterocycles.